The van der Waals surface area contributed by atoms with Gasteiger partial charge < -0.3 is 15.5 Å². The average molecular weight is 473 g/mol. The van der Waals surface area contributed by atoms with E-state index in [9.17, 15) is 22.8 Å². The lowest BCUT2D eigenvalue weighted by Crippen LogP contribution is -2.33. The van der Waals surface area contributed by atoms with Gasteiger partial charge in [-0.25, -0.2) is 4.98 Å². The molecule has 4 rings (SSSR count). The van der Waals surface area contributed by atoms with E-state index in [1.165, 1.54) is 17.4 Å². The van der Waals surface area contributed by atoms with Crippen LogP contribution in [0.4, 0.5) is 13.2 Å². The third-order valence-electron chi connectivity index (χ3n) is 4.88. The number of amides is 2. The fourth-order valence-electron chi connectivity index (χ4n) is 3.40. The van der Waals surface area contributed by atoms with Crippen molar-refractivity contribution in [3.63, 3.8) is 0 Å². The lowest BCUT2D eigenvalue weighted by atomic mass is 10.1. The Hall–Kier alpha value is -3.66. The topological polar surface area (TPSA) is 98.2 Å². The number of benzene rings is 2. The third-order valence-corrected chi connectivity index (χ3v) is 6.07. The lowest BCUT2D eigenvalue weighted by Gasteiger charge is -2.08. The minimum absolute atomic E-state index is 0.0241. The van der Waals surface area contributed by atoms with Gasteiger partial charge in [0.25, 0.3) is 5.91 Å². The van der Waals surface area contributed by atoms with E-state index in [1.807, 2.05) is 18.2 Å². The van der Waals surface area contributed by atoms with Gasteiger partial charge in [-0.05, 0) is 36.1 Å². The summed E-state index contributed by atoms with van der Waals surface area (Å²) in [5.74, 6) is -1.08. The van der Waals surface area contributed by atoms with Gasteiger partial charge in [0.05, 0.1) is 23.4 Å². The lowest BCUT2D eigenvalue weighted by molar-refractivity contribution is -0.137. The first-order valence-electron chi connectivity index (χ1n) is 9.83. The zero-order valence-electron chi connectivity index (χ0n) is 17.3. The summed E-state index contributed by atoms with van der Waals surface area (Å²) in [4.78, 5) is 28.4. The molecule has 3 N–H and O–H groups in total. The highest BCUT2D eigenvalue weighted by molar-refractivity contribution is 7.19. The van der Waals surface area contributed by atoms with E-state index in [-0.39, 0.29) is 18.2 Å². The maximum absolute atomic E-state index is 13.0. The molecule has 0 aliphatic carbocycles. The Bertz CT molecular complexity index is 1360. The first-order valence-corrected chi connectivity index (χ1v) is 10.7. The Morgan fingerprint density at radius 2 is 1.91 bits per heavy atom. The predicted octanol–water partition coefficient (Wildman–Crippen LogP) is 4.69. The number of nitrogens with two attached hydrogens (primary N) is 1. The summed E-state index contributed by atoms with van der Waals surface area (Å²) in [5, 5.41) is 3.25. The van der Waals surface area contributed by atoms with Crippen LogP contribution >= 0.6 is 11.3 Å². The fraction of sp³-hybridized carbons (Fsp3) is 0.174. The number of primary amides is 1. The van der Waals surface area contributed by atoms with Gasteiger partial charge in [0.1, 0.15) is 0 Å². The maximum atomic E-state index is 13.0. The van der Waals surface area contributed by atoms with Gasteiger partial charge in [0, 0.05) is 16.0 Å². The molecule has 2 aromatic heterocycles. The van der Waals surface area contributed by atoms with Crippen molar-refractivity contribution in [2.24, 2.45) is 5.73 Å². The number of thiophene rings is 1. The number of rotatable bonds is 6. The molecule has 0 saturated carbocycles. The van der Waals surface area contributed by atoms with E-state index in [0.717, 1.165) is 27.1 Å². The molecule has 10 heteroatoms. The number of halogens is 3. The monoisotopic (exact) mass is 473 g/mol. The molecular weight excluding hydrogens is 455 g/mol. The van der Waals surface area contributed by atoms with E-state index < -0.39 is 23.6 Å². The minimum Gasteiger partial charge on any atom is -0.431 e. The van der Waals surface area contributed by atoms with Gasteiger partial charge in [0.2, 0.25) is 17.6 Å². The molecule has 0 radical (unpaired) electrons. The highest BCUT2D eigenvalue weighted by Crippen LogP contribution is 2.37. The highest BCUT2D eigenvalue weighted by atomic mass is 32.1. The molecule has 0 fully saturated rings. The average Bonchev–Trinajstić information content (AvgIpc) is 3.34. The summed E-state index contributed by atoms with van der Waals surface area (Å²) in [7, 11) is 0. The third kappa shape index (κ3) is 4.90. The number of aryl methyl sites for hydroxylation is 1. The van der Waals surface area contributed by atoms with Crippen molar-refractivity contribution < 1.29 is 27.2 Å². The number of oxazole rings is 1. The highest BCUT2D eigenvalue weighted by Gasteiger charge is 2.30. The minimum atomic E-state index is -4.40. The quantitative estimate of drug-likeness (QED) is 0.425. The molecule has 0 spiro atoms. The van der Waals surface area contributed by atoms with Crippen LogP contribution < -0.4 is 11.1 Å². The second-order valence-electron chi connectivity index (χ2n) is 7.39. The molecule has 4 aromatic rings. The van der Waals surface area contributed by atoms with Crippen molar-refractivity contribution in [2.45, 2.75) is 19.5 Å². The normalized spacial score (nSPS) is 11.6. The van der Waals surface area contributed by atoms with Crippen molar-refractivity contribution in [1.82, 2.24) is 10.3 Å². The molecule has 33 heavy (non-hydrogen) atoms. The Kier molecular flexibility index (Phi) is 5.94. The van der Waals surface area contributed by atoms with E-state index in [1.54, 1.807) is 19.1 Å². The van der Waals surface area contributed by atoms with Crippen LogP contribution in [0.15, 0.2) is 52.9 Å². The number of hydrogen-bond donors (Lipinski definition) is 2. The Balaban J connectivity index is 1.65. The summed E-state index contributed by atoms with van der Waals surface area (Å²) in [6.07, 6.45) is -4.05. The van der Waals surface area contributed by atoms with Crippen LogP contribution in [-0.4, -0.2) is 23.3 Å². The number of nitrogens with one attached hydrogen (secondary N) is 1. The largest absolute Gasteiger partial charge is 0.431 e. The van der Waals surface area contributed by atoms with Crippen LogP contribution in [0.5, 0.6) is 0 Å². The zero-order chi connectivity index (χ0) is 23.8. The van der Waals surface area contributed by atoms with Crippen LogP contribution in [0.1, 0.15) is 32.3 Å². The first-order chi connectivity index (χ1) is 15.6. The zero-order valence-corrected chi connectivity index (χ0v) is 18.1. The SMILES string of the molecule is Cc1nc(-c2cccc3cc(Cc4cccc(C(F)(F)F)c4)sc23)oc1C(=O)NCC(N)=O. The van der Waals surface area contributed by atoms with Crippen molar-refractivity contribution in [3.8, 4) is 11.5 Å². The number of alkyl halides is 3. The summed E-state index contributed by atoms with van der Waals surface area (Å²) in [6.45, 7) is 1.29. The second-order valence-corrected chi connectivity index (χ2v) is 8.53. The second kappa shape index (κ2) is 8.70. The predicted molar refractivity (Wildman–Crippen MR) is 118 cm³/mol. The van der Waals surface area contributed by atoms with E-state index in [2.05, 4.69) is 10.3 Å². The van der Waals surface area contributed by atoms with Crippen LogP contribution in [0.3, 0.4) is 0 Å². The Labute approximate surface area is 190 Å². The molecule has 0 unspecified atom stereocenters. The van der Waals surface area contributed by atoms with E-state index in [0.29, 0.717) is 23.2 Å². The van der Waals surface area contributed by atoms with Gasteiger partial charge in [-0.3, -0.25) is 9.59 Å². The number of carbonyl (C=O) groups is 2. The van der Waals surface area contributed by atoms with Gasteiger partial charge in [-0.1, -0.05) is 30.3 Å². The van der Waals surface area contributed by atoms with Crippen LogP contribution in [-0.2, 0) is 17.4 Å². The first kappa shape index (κ1) is 22.5. The molecular formula is C23H18F3N3O3S. The molecule has 170 valence electrons. The standard InChI is InChI=1S/C23H18F3N3O3S/c1-12-19(21(31)28-11-18(27)30)32-22(29-12)17-7-3-5-14-10-16(33-20(14)17)9-13-4-2-6-15(8-13)23(24,25)26/h2-8,10H,9,11H2,1H3,(H2,27,30)(H,28,31). The number of carbonyl (C=O) groups excluding carboxylic acids is 2. The number of fused-ring (bicyclic) bond motifs is 1. The fourth-order valence-corrected chi connectivity index (χ4v) is 4.60. The maximum Gasteiger partial charge on any atom is 0.416 e. The molecule has 2 heterocycles. The molecule has 6 nitrogen and oxygen atoms in total. The molecule has 2 amide bonds. The number of nitrogens with zero attached hydrogens (tertiary/aromatic N) is 1. The summed E-state index contributed by atoms with van der Waals surface area (Å²) >= 11 is 1.42. The van der Waals surface area contributed by atoms with Crippen molar-refractivity contribution in [3.05, 3.63) is 76.0 Å². The molecule has 2 aromatic carbocycles. The van der Waals surface area contributed by atoms with Crippen molar-refractivity contribution >= 4 is 33.2 Å². The number of hydrogen-bond acceptors (Lipinski definition) is 5. The van der Waals surface area contributed by atoms with Gasteiger partial charge in [0.15, 0.2) is 0 Å². The van der Waals surface area contributed by atoms with Crippen LogP contribution in [0.2, 0.25) is 0 Å². The van der Waals surface area contributed by atoms with Crippen molar-refractivity contribution in [2.75, 3.05) is 6.54 Å². The molecule has 0 bridgehead atoms. The summed E-state index contributed by atoms with van der Waals surface area (Å²) < 4.78 is 45.6. The summed E-state index contributed by atoms with van der Waals surface area (Å²) in [5.41, 5.74) is 5.93. The van der Waals surface area contributed by atoms with E-state index >= 15 is 0 Å². The Morgan fingerprint density at radius 1 is 1.15 bits per heavy atom. The molecule has 0 atom stereocenters. The van der Waals surface area contributed by atoms with Crippen LogP contribution in [0, 0.1) is 6.92 Å². The Morgan fingerprint density at radius 3 is 2.64 bits per heavy atom. The van der Waals surface area contributed by atoms with E-state index in [4.69, 9.17) is 10.2 Å². The number of aromatic nitrogens is 1. The van der Waals surface area contributed by atoms with Crippen LogP contribution in [0.25, 0.3) is 21.5 Å². The summed E-state index contributed by atoms with van der Waals surface area (Å²) in [6, 6.07) is 12.7. The molecule has 0 aliphatic rings. The van der Waals surface area contributed by atoms with Gasteiger partial charge in [-0.2, -0.15) is 13.2 Å². The van der Waals surface area contributed by atoms with Gasteiger partial charge >= 0.3 is 6.18 Å². The molecule has 0 aliphatic heterocycles. The van der Waals surface area contributed by atoms with Gasteiger partial charge in [-0.15, -0.1) is 11.3 Å². The smallest absolute Gasteiger partial charge is 0.416 e. The molecule has 0 saturated heterocycles. The van der Waals surface area contributed by atoms with Crippen molar-refractivity contribution in [1.29, 1.82) is 0 Å².